The van der Waals surface area contributed by atoms with Gasteiger partial charge in [-0.3, -0.25) is 4.79 Å². The molecule has 2 unspecified atom stereocenters. The summed E-state index contributed by atoms with van der Waals surface area (Å²) in [6.07, 6.45) is 3.34. The predicted molar refractivity (Wildman–Crippen MR) is 82.4 cm³/mol. The average Bonchev–Trinajstić information content (AvgIpc) is 2.47. The maximum atomic E-state index is 12.2. The van der Waals surface area contributed by atoms with Crippen molar-refractivity contribution in [3.05, 3.63) is 29.3 Å². The number of amides is 1. The number of aryl methyl sites for hydroxylation is 2. The van der Waals surface area contributed by atoms with E-state index in [1.165, 1.54) is 0 Å². The summed E-state index contributed by atoms with van der Waals surface area (Å²) >= 11 is 0. The van der Waals surface area contributed by atoms with Crippen LogP contribution in [0, 0.1) is 13.8 Å². The molecule has 21 heavy (non-hydrogen) atoms. The Morgan fingerprint density at radius 1 is 1.33 bits per heavy atom. The van der Waals surface area contributed by atoms with E-state index in [1.54, 1.807) is 11.9 Å². The third-order valence-electron chi connectivity index (χ3n) is 4.28. The van der Waals surface area contributed by atoms with Gasteiger partial charge in [-0.2, -0.15) is 0 Å². The molecule has 0 aromatic heterocycles. The molecular weight excluding hydrogens is 266 g/mol. The van der Waals surface area contributed by atoms with E-state index in [0.29, 0.717) is 0 Å². The highest BCUT2D eigenvalue weighted by molar-refractivity contribution is 5.78. The van der Waals surface area contributed by atoms with Crippen molar-refractivity contribution in [3.8, 4) is 5.75 Å². The zero-order chi connectivity index (χ0) is 15.4. The molecule has 1 aliphatic carbocycles. The van der Waals surface area contributed by atoms with Crippen molar-refractivity contribution < 1.29 is 14.6 Å². The molecule has 4 nitrogen and oxygen atoms in total. The maximum absolute atomic E-state index is 12.2. The normalized spacial score (nSPS) is 21.9. The number of ether oxygens (including phenoxy) is 1. The summed E-state index contributed by atoms with van der Waals surface area (Å²) < 4.78 is 5.65. The number of carbonyl (C=O) groups is 1. The number of rotatable bonds is 4. The van der Waals surface area contributed by atoms with Crippen molar-refractivity contribution in [2.75, 3.05) is 13.7 Å². The van der Waals surface area contributed by atoms with Gasteiger partial charge in [0.05, 0.1) is 12.1 Å². The second-order valence-electron chi connectivity index (χ2n) is 5.98. The lowest BCUT2D eigenvalue weighted by Crippen LogP contribution is -2.47. The molecule has 1 fully saturated rings. The molecule has 0 spiro atoms. The highest BCUT2D eigenvalue weighted by Gasteiger charge is 2.29. The van der Waals surface area contributed by atoms with Crippen molar-refractivity contribution in [3.63, 3.8) is 0 Å². The summed E-state index contributed by atoms with van der Waals surface area (Å²) in [5.74, 6) is 0.669. The van der Waals surface area contributed by atoms with Gasteiger partial charge in [0.2, 0.25) is 0 Å². The van der Waals surface area contributed by atoms with Gasteiger partial charge in [0.25, 0.3) is 5.91 Å². The van der Waals surface area contributed by atoms with E-state index in [0.717, 1.165) is 42.6 Å². The van der Waals surface area contributed by atoms with E-state index in [2.05, 4.69) is 0 Å². The van der Waals surface area contributed by atoms with E-state index in [4.69, 9.17) is 4.74 Å². The molecule has 0 radical (unpaired) electrons. The van der Waals surface area contributed by atoms with Crippen LogP contribution in [0.25, 0.3) is 0 Å². The minimum Gasteiger partial charge on any atom is -0.483 e. The average molecular weight is 291 g/mol. The Morgan fingerprint density at radius 2 is 2.05 bits per heavy atom. The molecule has 0 heterocycles. The largest absolute Gasteiger partial charge is 0.483 e. The van der Waals surface area contributed by atoms with Crippen molar-refractivity contribution >= 4 is 5.91 Å². The number of aliphatic hydroxyl groups is 1. The number of benzene rings is 1. The summed E-state index contributed by atoms with van der Waals surface area (Å²) in [6.45, 7) is 3.98. The van der Waals surface area contributed by atoms with Crippen LogP contribution in [-0.2, 0) is 4.79 Å². The topological polar surface area (TPSA) is 49.8 Å². The monoisotopic (exact) mass is 291 g/mol. The van der Waals surface area contributed by atoms with Crippen LogP contribution in [0.3, 0.4) is 0 Å². The Hall–Kier alpha value is -1.55. The molecule has 4 heteroatoms. The molecule has 1 aromatic rings. The lowest BCUT2D eigenvalue weighted by atomic mass is 9.91. The molecule has 0 bridgehead atoms. The molecule has 1 N–H and O–H groups in total. The van der Waals surface area contributed by atoms with E-state index in [1.807, 2.05) is 32.0 Å². The molecular formula is C17H25NO3. The van der Waals surface area contributed by atoms with Crippen molar-refractivity contribution in [1.82, 2.24) is 4.90 Å². The fourth-order valence-electron chi connectivity index (χ4n) is 2.83. The third-order valence-corrected chi connectivity index (χ3v) is 4.28. The van der Waals surface area contributed by atoms with Gasteiger partial charge in [0.15, 0.2) is 6.61 Å². The van der Waals surface area contributed by atoms with Crippen molar-refractivity contribution in [1.29, 1.82) is 0 Å². The first-order valence-corrected chi connectivity index (χ1v) is 7.63. The number of hydrogen-bond donors (Lipinski definition) is 1. The van der Waals surface area contributed by atoms with Crippen LogP contribution in [0.2, 0.25) is 0 Å². The molecule has 1 aromatic carbocycles. The van der Waals surface area contributed by atoms with Gasteiger partial charge in [-0.25, -0.2) is 0 Å². The Labute approximate surface area is 126 Å². The number of carbonyl (C=O) groups excluding carboxylic acids is 1. The summed E-state index contributed by atoms with van der Waals surface area (Å²) in [5, 5.41) is 10.0. The Balaban J connectivity index is 1.93. The molecule has 2 atom stereocenters. The number of aliphatic hydroxyl groups excluding tert-OH is 1. The maximum Gasteiger partial charge on any atom is 0.260 e. The molecule has 116 valence electrons. The van der Waals surface area contributed by atoms with Gasteiger partial charge in [-0.05, 0) is 43.9 Å². The minimum absolute atomic E-state index is 0.0179. The lowest BCUT2D eigenvalue weighted by Gasteiger charge is -2.35. The van der Waals surface area contributed by atoms with Crippen molar-refractivity contribution in [2.24, 2.45) is 0 Å². The highest BCUT2D eigenvalue weighted by atomic mass is 16.5. The highest BCUT2D eigenvalue weighted by Crippen LogP contribution is 2.23. The zero-order valence-electron chi connectivity index (χ0n) is 13.1. The first-order chi connectivity index (χ1) is 9.99. The van der Waals surface area contributed by atoms with E-state index < -0.39 is 6.10 Å². The zero-order valence-corrected chi connectivity index (χ0v) is 13.1. The van der Waals surface area contributed by atoms with Crippen LogP contribution < -0.4 is 4.74 Å². The second kappa shape index (κ2) is 6.94. The third kappa shape index (κ3) is 3.97. The van der Waals surface area contributed by atoms with Crippen LogP contribution in [-0.4, -0.2) is 41.7 Å². The van der Waals surface area contributed by atoms with Crippen LogP contribution in [0.1, 0.15) is 36.8 Å². The fourth-order valence-corrected chi connectivity index (χ4v) is 2.83. The number of hydrogen-bond acceptors (Lipinski definition) is 3. The van der Waals surface area contributed by atoms with Crippen molar-refractivity contribution in [2.45, 2.75) is 51.7 Å². The van der Waals surface area contributed by atoms with E-state index in [9.17, 15) is 9.90 Å². The summed E-state index contributed by atoms with van der Waals surface area (Å²) in [6, 6.07) is 5.88. The van der Waals surface area contributed by atoms with Gasteiger partial charge in [-0.15, -0.1) is 0 Å². The molecule has 2 rings (SSSR count). The van der Waals surface area contributed by atoms with Crippen LogP contribution in [0.15, 0.2) is 18.2 Å². The van der Waals surface area contributed by atoms with Gasteiger partial charge in [0.1, 0.15) is 5.75 Å². The Kier molecular flexibility index (Phi) is 5.23. The van der Waals surface area contributed by atoms with Crippen LogP contribution >= 0.6 is 0 Å². The Morgan fingerprint density at radius 3 is 2.76 bits per heavy atom. The van der Waals surface area contributed by atoms with Gasteiger partial charge < -0.3 is 14.7 Å². The summed E-state index contributed by atoms with van der Waals surface area (Å²) in [4.78, 5) is 13.9. The van der Waals surface area contributed by atoms with Gasteiger partial charge >= 0.3 is 0 Å². The summed E-state index contributed by atoms with van der Waals surface area (Å²) in [5.41, 5.74) is 2.13. The van der Waals surface area contributed by atoms with Crippen LogP contribution in [0.5, 0.6) is 5.75 Å². The predicted octanol–water partition coefficient (Wildman–Crippen LogP) is 2.44. The number of nitrogens with zero attached hydrogens (tertiary/aromatic N) is 1. The smallest absolute Gasteiger partial charge is 0.260 e. The van der Waals surface area contributed by atoms with Gasteiger partial charge in [-0.1, -0.05) is 25.0 Å². The van der Waals surface area contributed by atoms with E-state index in [-0.39, 0.29) is 18.6 Å². The van der Waals surface area contributed by atoms with E-state index >= 15 is 0 Å². The molecule has 0 aliphatic heterocycles. The molecule has 1 saturated carbocycles. The quantitative estimate of drug-likeness (QED) is 0.927. The first kappa shape index (κ1) is 15.8. The molecule has 1 amide bonds. The first-order valence-electron chi connectivity index (χ1n) is 7.63. The number of likely N-dealkylation sites (N-methyl/N-ethyl adjacent to an activating group) is 1. The van der Waals surface area contributed by atoms with Crippen LogP contribution in [0.4, 0.5) is 0 Å². The summed E-state index contributed by atoms with van der Waals surface area (Å²) in [7, 11) is 1.76. The SMILES string of the molecule is Cc1ccc(C)c(OCC(=O)N(C)C2CCCCC2O)c1. The lowest BCUT2D eigenvalue weighted by molar-refractivity contribution is -0.137. The fraction of sp³-hybridized carbons (Fsp3) is 0.588. The Bertz CT molecular complexity index is 501. The minimum atomic E-state index is -0.409. The molecule has 0 saturated heterocycles. The second-order valence-corrected chi connectivity index (χ2v) is 5.98. The van der Waals surface area contributed by atoms with Gasteiger partial charge in [0, 0.05) is 7.05 Å². The molecule has 1 aliphatic rings. The standard InChI is InChI=1S/C17H25NO3/c1-12-8-9-13(2)16(10-12)21-11-17(20)18(3)14-6-4-5-7-15(14)19/h8-10,14-15,19H,4-7,11H2,1-3H3.